The van der Waals surface area contributed by atoms with E-state index in [9.17, 15) is 0 Å². The maximum absolute atomic E-state index is 2.89. The van der Waals surface area contributed by atoms with Crippen LogP contribution in [-0.2, 0) is 32.7 Å². The molecule has 0 amide bonds. The second-order valence-corrected chi connectivity index (χ2v) is 5.51. The van der Waals surface area contributed by atoms with Gasteiger partial charge in [-0.25, -0.2) is 0 Å². The Morgan fingerprint density at radius 2 is 1.22 bits per heavy atom. The van der Waals surface area contributed by atoms with E-state index in [1.807, 2.05) is 30.3 Å². The third kappa shape index (κ3) is 8.22. The molecule has 4 aromatic rings. The molecule has 2 heteroatoms. The van der Waals surface area contributed by atoms with Gasteiger partial charge < -0.3 is 0 Å². The molecule has 0 saturated carbocycles. The van der Waals surface area contributed by atoms with Crippen molar-refractivity contribution in [1.82, 2.24) is 0 Å². The van der Waals surface area contributed by atoms with Crippen LogP contribution in [-0.4, -0.2) is 0 Å². The molecule has 0 fully saturated rings. The molecule has 0 atom stereocenters. The molecule has 0 N–H and O–H groups in total. The van der Waals surface area contributed by atoms with Gasteiger partial charge in [0, 0.05) is 32.7 Å². The van der Waals surface area contributed by atoms with Crippen molar-refractivity contribution in [3.63, 3.8) is 0 Å². The first-order valence-corrected chi connectivity index (χ1v) is 8.14. The summed E-state index contributed by atoms with van der Waals surface area (Å²) in [7, 11) is 0. The van der Waals surface area contributed by atoms with Gasteiger partial charge in [-0.15, -0.1) is 0 Å². The van der Waals surface area contributed by atoms with Crippen LogP contribution in [0.5, 0.6) is 0 Å². The van der Waals surface area contributed by atoms with Crippen LogP contribution in [0.15, 0.2) is 95.7 Å². The number of benzene rings is 3. The van der Waals surface area contributed by atoms with Crippen molar-refractivity contribution in [3.05, 3.63) is 107 Å². The largest absolute Gasteiger partial charge is 0.184 e. The summed E-state index contributed by atoms with van der Waals surface area (Å²) in [5, 5.41) is 6.82. The Morgan fingerprint density at radius 3 is 1.43 bits per heavy atom. The van der Waals surface area contributed by atoms with Crippen LogP contribution in [0.4, 0.5) is 0 Å². The zero-order chi connectivity index (χ0) is 15.5. The van der Waals surface area contributed by atoms with E-state index in [1.54, 1.807) is 11.3 Å². The third-order valence-electron chi connectivity index (χ3n) is 2.93. The second-order valence-electron chi connectivity index (χ2n) is 4.73. The minimum absolute atomic E-state index is 0. The van der Waals surface area contributed by atoms with E-state index in [2.05, 4.69) is 78.3 Å². The summed E-state index contributed by atoms with van der Waals surface area (Å²) >= 11 is 1.74. The number of hydrogen-bond donors (Lipinski definition) is 0. The van der Waals surface area contributed by atoms with Crippen LogP contribution < -0.4 is 0 Å². The Balaban J connectivity index is 0.000000178. The smallest absolute Gasteiger partial charge is 0 e. The van der Waals surface area contributed by atoms with Gasteiger partial charge in [0.2, 0.25) is 0 Å². The van der Waals surface area contributed by atoms with Crippen LogP contribution >= 0.6 is 11.3 Å². The van der Waals surface area contributed by atoms with Gasteiger partial charge in [-0.1, -0.05) is 48.5 Å². The van der Waals surface area contributed by atoms with Crippen molar-refractivity contribution in [2.24, 2.45) is 0 Å². The minimum atomic E-state index is 0. The second kappa shape index (κ2) is 12.2. The topological polar surface area (TPSA) is 0 Å². The third-order valence-corrected chi connectivity index (χ3v) is 3.73. The van der Waals surface area contributed by atoms with Gasteiger partial charge in [0.25, 0.3) is 0 Å². The van der Waals surface area contributed by atoms with Crippen molar-refractivity contribution in [2.45, 2.75) is 6.92 Å². The summed E-state index contributed by atoms with van der Waals surface area (Å²) in [6.45, 7) is 2.09. The van der Waals surface area contributed by atoms with Crippen molar-refractivity contribution in [3.8, 4) is 0 Å². The maximum atomic E-state index is 2.89. The summed E-state index contributed by atoms with van der Waals surface area (Å²) in [4.78, 5) is 0. The molecule has 23 heavy (non-hydrogen) atoms. The Labute approximate surface area is 168 Å². The van der Waals surface area contributed by atoms with Gasteiger partial charge in [0.1, 0.15) is 0 Å². The zero-order valence-corrected chi connectivity index (χ0v) is 16.9. The number of hydrogen-bond acceptors (Lipinski definition) is 1. The van der Waals surface area contributed by atoms with E-state index in [1.165, 1.54) is 16.3 Å². The van der Waals surface area contributed by atoms with Crippen LogP contribution in [0, 0.1) is 13.0 Å². The molecule has 4 rings (SSSR count). The molecule has 1 heterocycles. The summed E-state index contributed by atoms with van der Waals surface area (Å²) in [6.07, 6.45) is 0. The number of fused-ring (bicyclic) bond motifs is 1. The Bertz CT molecular complexity index is 657. The zero-order valence-electron chi connectivity index (χ0n) is 13.2. The van der Waals surface area contributed by atoms with E-state index in [0.717, 1.165) is 0 Å². The first-order chi connectivity index (χ1) is 10.9. The van der Waals surface area contributed by atoms with Crippen molar-refractivity contribution in [2.75, 3.05) is 0 Å². The summed E-state index contributed by atoms with van der Waals surface area (Å²) in [5.41, 5.74) is 1.36. The van der Waals surface area contributed by atoms with Crippen molar-refractivity contribution in [1.29, 1.82) is 0 Å². The van der Waals surface area contributed by atoms with E-state index in [0.29, 0.717) is 0 Å². The Kier molecular flexibility index (Phi) is 10.5. The Morgan fingerprint density at radius 1 is 0.696 bits per heavy atom. The Hall–Kier alpha value is -1.28. The molecule has 0 nitrogen and oxygen atoms in total. The molecular weight excluding hydrogens is 373 g/mol. The number of aryl methyl sites for hydroxylation is 1. The first kappa shape index (κ1) is 19.8. The molecule has 3 aromatic carbocycles. The fraction of sp³-hybridized carbons (Fsp3) is 0.0476. The average molecular weight is 392 g/mol. The van der Waals surface area contributed by atoms with Crippen LogP contribution in [0.25, 0.3) is 10.8 Å². The number of rotatable bonds is 0. The molecule has 1 aromatic heterocycles. The van der Waals surface area contributed by atoms with Gasteiger partial charge >= 0.3 is 0 Å². The first-order valence-electron chi connectivity index (χ1n) is 7.20. The van der Waals surface area contributed by atoms with Crippen molar-refractivity contribution >= 4 is 22.1 Å². The van der Waals surface area contributed by atoms with Gasteiger partial charge in [-0.05, 0) is 40.1 Å². The molecule has 113 valence electrons. The minimum Gasteiger partial charge on any atom is -0.184 e. The molecule has 0 bridgehead atoms. The summed E-state index contributed by atoms with van der Waals surface area (Å²) in [5.74, 6) is 0. The van der Waals surface area contributed by atoms with Gasteiger partial charge in [-0.2, -0.15) is 47.7 Å². The monoisotopic (exact) mass is 392 g/mol. The SMILES string of the molecule is Cc1ccsc1.[Y].[c-]1ccccc1.c1ccc2ccccc2c1. The van der Waals surface area contributed by atoms with Gasteiger partial charge in [0.05, 0.1) is 0 Å². The summed E-state index contributed by atoms with van der Waals surface area (Å²) in [6, 6.07) is 31.3. The van der Waals surface area contributed by atoms with Gasteiger partial charge in [-0.3, -0.25) is 0 Å². The van der Waals surface area contributed by atoms with Crippen LogP contribution in [0.2, 0.25) is 0 Å². The normalized spacial score (nSPS) is 8.74. The maximum Gasteiger partial charge on any atom is 0 e. The van der Waals surface area contributed by atoms with E-state index in [-0.39, 0.29) is 32.7 Å². The van der Waals surface area contributed by atoms with Crippen LogP contribution in [0.3, 0.4) is 0 Å². The van der Waals surface area contributed by atoms with E-state index < -0.39 is 0 Å². The quantitative estimate of drug-likeness (QED) is 0.305. The molecule has 0 unspecified atom stereocenters. The average Bonchev–Trinajstić information content (AvgIpc) is 3.09. The molecule has 0 aliphatic heterocycles. The number of thiophene rings is 1. The predicted molar refractivity (Wildman–Crippen MR) is 98.3 cm³/mol. The molecule has 0 aliphatic carbocycles. The van der Waals surface area contributed by atoms with E-state index >= 15 is 0 Å². The molecule has 1 radical (unpaired) electrons. The van der Waals surface area contributed by atoms with Gasteiger partial charge in [0.15, 0.2) is 0 Å². The standard InChI is InChI=1S/C10H8.C6H5.C5H6S.Y/c1-2-6-10-8-4-3-7-9(10)5-1;1-2-4-6-5-3-1;1-5-2-3-6-4-5;/h1-8H;1-5H;2-4H,1H3;/q;-1;;. The molecular formula is C21H19SY-. The van der Waals surface area contributed by atoms with E-state index in [4.69, 9.17) is 0 Å². The molecule has 0 saturated heterocycles. The molecule has 0 aliphatic rings. The van der Waals surface area contributed by atoms with Crippen molar-refractivity contribution < 1.29 is 32.7 Å². The fourth-order valence-electron chi connectivity index (χ4n) is 1.81. The van der Waals surface area contributed by atoms with Crippen LogP contribution in [0.1, 0.15) is 5.56 Å². The predicted octanol–water partition coefficient (Wildman–Crippen LogP) is 6.38. The molecule has 0 spiro atoms. The summed E-state index contributed by atoms with van der Waals surface area (Å²) < 4.78 is 0. The fourth-order valence-corrected chi connectivity index (χ4v) is 2.47.